The average Bonchev–Trinajstić information content (AvgIpc) is 3.19. The number of nitrogens with zero attached hydrogens (tertiary/aromatic N) is 6. The minimum Gasteiger partial charge on any atom is -0.367 e. The molecule has 152 valence electrons. The summed E-state index contributed by atoms with van der Waals surface area (Å²) in [5, 5.41) is 7.60. The summed E-state index contributed by atoms with van der Waals surface area (Å²) in [6, 6.07) is 6.29. The lowest BCUT2D eigenvalue weighted by Gasteiger charge is -2.33. The summed E-state index contributed by atoms with van der Waals surface area (Å²) < 4.78 is 5.40. The van der Waals surface area contributed by atoms with Gasteiger partial charge in [-0.3, -0.25) is 0 Å². The van der Waals surface area contributed by atoms with E-state index in [2.05, 4.69) is 41.4 Å². The van der Waals surface area contributed by atoms with Gasteiger partial charge in [0.05, 0.1) is 0 Å². The Morgan fingerprint density at radius 2 is 1.90 bits per heavy atom. The first-order valence-electron chi connectivity index (χ1n) is 10.1. The van der Waals surface area contributed by atoms with Gasteiger partial charge in [-0.2, -0.15) is 4.98 Å². The Morgan fingerprint density at radius 1 is 1.10 bits per heavy atom. The van der Waals surface area contributed by atoms with E-state index in [1.165, 1.54) is 0 Å². The van der Waals surface area contributed by atoms with E-state index in [1.807, 2.05) is 39.8 Å². The van der Waals surface area contributed by atoms with Gasteiger partial charge in [0.2, 0.25) is 0 Å². The van der Waals surface area contributed by atoms with Crippen LogP contribution in [0.2, 0.25) is 0 Å². The van der Waals surface area contributed by atoms with Crippen LogP contribution in [0, 0.1) is 13.8 Å². The van der Waals surface area contributed by atoms with Crippen LogP contribution in [0.4, 0.5) is 11.6 Å². The maximum absolute atomic E-state index is 5.40. The highest BCUT2D eigenvalue weighted by Crippen LogP contribution is 2.24. The number of anilines is 2. The first kappa shape index (κ1) is 19.3. The summed E-state index contributed by atoms with van der Waals surface area (Å²) >= 11 is 0. The van der Waals surface area contributed by atoms with Crippen molar-refractivity contribution in [3.63, 3.8) is 0 Å². The fourth-order valence-electron chi connectivity index (χ4n) is 3.55. The third kappa shape index (κ3) is 4.52. The van der Waals surface area contributed by atoms with Gasteiger partial charge in [0.15, 0.2) is 5.82 Å². The monoisotopic (exact) mass is 393 g/mol. The van der Waals surface area contributed by atoms with Crippen LogP contribution >= 0.6 is 0 Å². The molecule has 0 saturated carbocycles. The molecule has 4 heterocycles. The van der Waals surface area contributed by atoms with Crippen LogP contribution < -0.4 is 10.2 Å². The molecule has 4 rings (SSSR count). The highest BCUT2D eigenvalue weighted by Gasteiger charge is 2.21. The topological polar surface area (TPSA) is 92.9 Å². The number of aryl methyl sites for hydroxylation is 2. The van der Waals surface area contributed by atoms with Gasteiger partial charge in [0.25, 0.3) is 5.89 Å². The van der Waals surface area contributed by atoms with E-state index in [4.69, 9.17) is 4.52 Å². The molecule has 29 heavy (non-hydrogen) atoms. The highest BCUT2D eigenvalue weighted by molar-refractivity contribution is 5.58. The maximum atomic E-state index is 5.40. The zero-order chi connectivity index (χ0) is 20.4. The van der Waals surface area contributed by atoms with E-state index < -0.39 is 0 Å². The number of rotatable bonds is 5. The second-order valence-electron chi connectivity index (χ2n) is 7.86. The lowest BCUT2D eigenvalue weighted by atomic mass is 10.0. The number of aromatic nitrogens is 5. The molecule has 0 bridgehead atoms. The molecule has 1 aliphatic rings. The predicted octanol–water partition coefficient (Wildman–Crippen LogP) is 3.74. The Morgan fingerprint density at radius 3 is 2.59 bits per heavy atom. The van der Waals surface area contributed by atoms with Crippen LogP contribution in [0.15, 0.2) is 28.9 Å². The van der Waals surface area contributed by atoms with Crippen molar-refractivity contribution in [3.05, 3.63) is 41.7 Å². The second kappa shape index (κ2) is 8.14. The molecule has 1 aliphatic heterocycles. The summed E-state index contributed by atoms with van der Waals surface area (Å²) in [6.07, 6.45) is 3.82. The number of nitrogens with one attached hydrogen (secondary N) is 1. The molecule has 0 aliphatic carbocycles. The molecule has 0 amide bonds. The lowest BCUT2D eigenvalue weighted by molar-refractivity contribution is 0.419. The number of hydrogen-bond donors (Lipinski definition) is 1. The van der Waals surface area contributed by atoms with Gasteiger partial charge in [-0.1, -0.05) is 19.0 Å². The third-order valence-corrected chi connectivity index (χ3v) is 5.09. The number of piperidine rings is 1. The molecule has 0 atom stereocenters. The molecule has 0 radical (unpaired) electrons. The van der Waals surface area contributed by atoms with Crippen LogP contribution in [-0.2, 0) is 0 Å². The number of pyridine rings is 1. The highest BCUT2D eigenvalue weighted by atomic mass is 16.5. The molecule has 3 aromatic rings. The molecule has 1 saturated heterocycles. The van der Waals surface area contributed by atoms with E-state index in [1.54, 1.807) is 6.20 Å². The Labute approximate surface area is 170 Å². The van der Waals surface area contributed by atoms with Crippen LogP contribution in [0.5, 0.6) is 0 Å². The molecule has 0 aromatic carbocycles. The van der Waals surface area contributed by atoms with Crippen molar-refractivity contribution < 1.29 is 4.52 Å². The van der Waals surface area contributed by atoms with Gasteiger partial charge in [-0.25, -0.2) is 15.0 Å². The molecule has 8 heteroatoms. The summed E-state index contributed by atoms with van der Waals surface area (Å²) in [5.74, 6) is 4.16. The van der Waals surface area contributed by atoms with E-state index in [-0.39, 0.29) is 5.92 Å². The zero-order valence-electron chi connectivity index (χ0n) is 17.4. The predicted molar refractivity (Wildman–Crippen MR) is 112 cm³/mol. The second-order valence-corrected chi connectivity index (χ2v) is 7.86. The van der Waals surface area contributed by atoms with Gasteiger partial charge in [-0.05, 0) is 38.8 Å². The third-order valence-electron chi connectivity index (χ3n) is 5.09. The Bertz CT molecular complexity index is 956. The van der Waals surface area contributed by atoms with Crippen molar-refractivity contribution in [3.8, 4) is 11.5 Å². The van der Waals surface area contributed by atoms with Crippen LogP contribution in [0.1, 0.15) is 49.9 Å². The quantitative estimate of drug-likeness (QED) is 0.701. The van der Waals surface area contributed by atoms with Crippen molar-refractivity contribution in [1.29, 1.82) is 0 Å². The van der Waals surface area contributed by atoms with Gasteiger partial charge < -0.3 is 14.7 Å². The van der Waals surface area contributed by atoms with Crippen molar-refractivity contribution in [2.24, 2.45) is 0 Å². The van der Waals surface area contributed by atoms with E-state index in [0.717, 1.165) is 54.6 Å². The van der Waals surface area contributed by atoms with Crippen LogP contribution in [0.3, 0.4) is 0 Å². The molecule has 0 unspecified atom stereocenters. The summed E-state index contributed by atoms with van der Waals surface area (Å²) in [6.45, 7) is 9.95. The average molecular weight is 393 g/mol. The fraction of sp³-hybridized carbons (Fsp3) is 0.476. The number of hydrogen-bond acceptors (Lipinski definition) is 8. The first-order chi connectivity index (χ1) is 14.0. The molecule has 8 nitrogen and oxygen atoms in total. The normalized spacial score (nSPS) is 15.1. The fourth-order valence-corrected chi connectivity index (χ4v) is 3.55. The maximum Gasteiger partial charge on any atom is 0.258 e. The van der Waals surface area contributed by atoms with Gasteiger partial charge in [0.1, 0.15) is 17.5 Å². The van der Waals surface area contributed by atoms with Crippen molar-refractivity contribution in [2.45, 2.75) is 52.5 Å². The van der Waals surface area contributed by atoms with E-state index >= 15 is 0 Å². The standard InChI is InChI=1S/C21H27N7O/c1-13(2)20-26-21(29-27-20)16-5-8-22-18(12-16)25-17-6-9-28(10-7-17)19-11-14(3)23-15(4)24-19/h5,8,11-13,17H,6-7,9-10H2,1-4H3,(H,22,25). The van der Waals surface area contributed by atoms with Crippen LogP contribution in [-0.4, -0.2) is 44.2 Å². The minimum absolute atomic E-state index is 0.236. The summed E-state index contributed by atoms with van der Waals surface area (Å²) in [7, 11) is 0. The lowest BCUT2D eigenvalue weighted by Crippen LogP contribution is -2.39. The van der Waals surface area contributed by atoms with Gasteiger partial charge >= 0.3 is 0 Å². The first-order valence-corrected chi connectivity index (χ1v) is 10.1. The molecular weight excluding hydrogens is 366 g/mol. The zero-order valence-corrected chi connectivity index (χ0v) is 17.4. The Hall–Kier alpha value is -3.03. The molecule has 3 aromatic heterocycles. The molecule has 1 fully saturated rings. The van der Waals surface area contributed by atoms with E-state index in [9.17, 15) is 0 Å². The molecular formula is C21H27N7O. The van der Waals surface area contributed by atoms with Gasteiger partial charge in [0, 0.05) is 48.6 Å². The van der Waals surface area contributed by atoms with Crippen LogP contribution in [0.25, 0.3) is 11.5 Å². The molecule has 1 N–H and O–H groups in total. The van der Waals surface area contributed by atoms with Gasteiger partial charge in [-0.15, -0.1) is 0 Å². The molecule has 0 spiro atoms. The van der Waals surface area contributed by atoms with Crippen molar-refractivity contribution >= 4 is 11.6 Å². The van der Waals surface area contributed by atoms with Crippen molar-refractivity contribution in [2.75, 3.05) is 23.3 Å². The SMILES string of the molecule is Cc1cc(N2CCC(Nc3cc(-c4nc(C(C)C)no4)ccn3)CC2)nc(C)n1. The smallest absolute Gasteiger partial charge is 0.258 e. The van der Waals surface area contributed by atoms with Crippen molar-refractivity contribution in [1.82, 2.24) is 25.1 Å². The Balaban J connectivity index is 1.39. The minimum atomic E-state index is 0.236. The van der Waals surface area contributed by atoms with E-state index in [0.29, 0.717) is 17.8 Å². The largest absolute Gasteiger partial charge is 0.367 e. The summed E-state index contributed by atoms with van der Waals surface area (Å²) in [5.41, 5.74) is 1.89. The summed E-state index contributed by atoms with van der Waals surface area (Å²) in [4.78, 5) is 20.2. The Kier molecular flexibility index (Phi) is 5.42.